The third-order valence-electron chi connectivity index (χ3n) is 2.92. The molecule has 4 nitrogen and oxygen atoms in total. The minimum Gasteiger partial charge on any atom is -0.478 e. The molecule has 0 aliphatic carbocycles. The van der Waals surface area contributed by atoms with E-state index in [0.717, 1.165) is 38.2 Å². The van der Waals surface area contributed by atoms with Crippen LogP contribution in [0.25, 0.3) is 0 Å². The molecule has 0 spiro atoms. The van der Waals surface area contributed by atoms with Crippen molar-refractivity contribution in [1.29, 1.82) is 0 Å². The quantitative estimate of drug-likeness (QED) is 0.506. The average Bonchev–Trinajstić information content (AvgIpc) is 2.20. The summed E-state index contributed by atoms with van der Waals surface area (Å²) in [6, 6.07) is 0. The van der Waals surface area contributed by atoms with Gasteiger partial charge in [-0.05, 0) is 11.8 Å². The van der Waals surface area contributed by atoms with Gasteiger partial charge in [0.15, 0.2) is 0 Å². The minimum absolute atomic E-state index is 0.196. The van der Waals surface area contributed by atoms with Crippen LogP contribution >= 0.6 is 0 Å². The number of carbonyl (C=O) groups excluding carboxylic acids is 1. The van der Waals surface area contributed by atoms with Crippen LogP contribution in [0.15, 0.2) is 11.6 Å². The summed E-state index contributed by atoms with van der Waals surface area (Å²) < 4.78 is 0. The van der Waals surface area contributed by atoms with Gasteiger partial charge in [0.05, 0.1) is 0 Å². The molecule has 0 atom stereocenters. The van der Waals surface area contributed by atoms with E-state index in [2.05, 4.69) is 6.92 Å². The average molecular weight is 241 g/mol. The molecule has 0 aliphatic heterocycles. The Balaban J connectivity index is 4.62. The highest BCUT2D eigenvalue weighted by Gasteiger charge is 2.27. The Labute approximate surface area is 103 Å². The van der Waals surface area contributed by atoms with Crippen LogP contribution in [0.3, 0.4) is 0 Å². The zero-order valence-corrected chi connectivity index (χ0v) is 11.0. The van der Waals surface area contributed by atoms with Crippen LogP contribution in [0, 0.1) is 5.41 Å². The summed E-state index contributed by atoms with van der Waals surface area (Å²) in [7, 11) is 0. The topological polar surface area (TPSA) is 80.4 Å². The van der Waals surface area contributed by atoms with Crippen molar-refractivity contribution in [3.8, 4) is 0 Å². The fourth-order valence-electron chi connectivity index (χ4n) is 1.85. The molecule has 0 bridgehead atoms. The Kier molecular flexibility index (Phi) is 6.54. The molecule has 0 rings (SSSR count). The Morgan fingerprint density at radius 1 is 1.24 bits per heavy atom. The van der Waals surface area contributed by atoms with Crippen LogP contribution in [-0.4, -0.2) is 17.0 Å². The number of nitrogens with two attached hydrogens (primary N) is 1. The van der Waals surface area contributed by atoms with Gasteiger partial charge >= 0.3 is 5.97 Å². The monoisotopic (exact) mass is 241 g/mol. The second kappa shape index (κ2) is 7.09. The van der Waals surface area contributed by atoms with Crippen LogP contribution in [0.1, 0.15) is 52.9 Å². The molecular weight excluding hydrogens is 218 g/mol. The van der Waals surface area contributed by atoms with E-state index < -0.39 is 17.3 Å². The first-order chi connectivity index (χ1) is 7.81. The second-order valence-electron chi connectivity index (χ2n) is 4.96. The number of aliphatic carboxylic acids is 1. The predicted octanol–water partition coefficient (Wildman–Crippen LogP) is 2.48. The Morgan fingerprint density at radius 2 is 1.82 bits per heavy atom. The highest BCUT2D eigenvalue weighted by Crippen LogP contribution is 2.32. The van der Waals surface area contributed by atoms with Crippen molar-refractivity contribution in [2.75, 3.05) is 0 Å². The van der Waals surface area contributed by atoms with E-state index in [4.69, 9.17) is 10.8 Å². The van der Waals surface area contributed by atoms with Crippen molar-refractivity contribution in [2.24, 2.45) is 11.1 Å². The van der Waals surface area contributed by atoms with Crippen molar-refractivity contribution in [3.63, 3.8) is 0 Å². The molecule has 0 aromatic heterocycles. The molecule has 0 aromatic rings. The van der Waals surface area contributed by atoms with Crippen LogP contribution in [-0.2, 0) is 9.59 Å². The Bertz CT molecular complexity index is 306. The number of amides is 1. The fraction of sp³-hybridized carbons (Fsp3) is 0.692. The van der Waals surface area contributed by atoms with Crippen molar-refractivity contribution < 1.29 is 14.7 Å². The van der Waals surface area contributed by atoms with Gasteiger partial charge in [-0.3, -0.25) is 4.79 Å². The van der Waals surface area contributed by atoms with Gasteiger partial charge in [0.25, 0.3) is 0 Å². The molecule has 0 radical (unpaired) electrons. The standard InChI is InChI=1S/C13H23NO3/c1-4-5-6-7-8-13(2,3)10(12(14)17)9-11(15)16/h9H,4-8H2,1-3H3,(H2,14,17)(H,15,16)/b10-9+. The summed E-state index contributed by atoms with van der Waals surface area (Å²) >= 11 is 0. The van der Waals surface area contributed by atoms with E-state index >= 15 is 0 Å². The predicted molar refractivity (Wildman–Crippen MR) is 67.5 cm³/mol. The first kappa shape index (κ1) is 15.7. The molecule has 17 heavy (non-hydrogen) atoms. The van der Waals surface area contributed by atoms with Gasteiger partial charge in [-0.1, -0.05) is 46.5 Å². The summed E-state index contributed by atoms with van der Waals surface area (Å²) in [6.07, 6.45) is 6.08. The third-order valence-corrected chi connectivity index (χ3v) is 2.92. The molecule has 3 N–H and O–H groups in total. The molecule has 0 saturated carbocycles. The van der Waals surface area contributed by atoms with E-state index in [0.29, 0.717) is 0 Å². The zero-order valence-electron chi connectivity index (χ0n) is 11.0. The molecule has 0 fully saturated rings. The Hall–Kier alpha value is -1.32. The summed E-state index contributed by atoms with van der Waals surface area (Å²) in [5.41, 5.74) is 4.95. The van der Waals surface area contributed by atoms with Crippen molar-refractivity contribution in [2.45, 2.75) is 52.9 Å². The van der Waals surface area contributed by atoms with Gasteiger partial charge in [-0.2, -0.15) is 0 Å². The molecule has 0 aromatic carbocycles. The molecule has 0 heterocycles. The van der Waals surface area contributed by atoms with Crippen LogP contribution in [0.5, 0.6) is 0 Å². The van der Waals surface area contributed by atoms with E-state index in [1.165, 1.54) is 0 Å². The SMILES string of the molecule is CCCCCCC(C)(C)/C(=C/C(=O)O)C(N)=O. The largest absolute Gasteiger partial charge is 0.478 e. The molecule has 0 unspecified atom stereocenters. The summed E-state index contributed by atoms with van der Waals surface area (Å²) in [5, 5.41) is 8.72. The molecule has 4 heteroatoms. The minimum atomic E-state index is -1.12. The second-order valence-corrected chi connectivity index (χ2v) is 4.96. The van der Waals surface area contributed by atoms with Gasteiger partial charge in [0.1, 0.15) is 0 Å². The number of carboxylic acids is 1. The first-order valence-electron chi connectivity index (χ1n) is 6.06. The maximum atomic E-state index is 11.3. The first-order valence-corrected chi connectivity index (χ1v) is 6.06. The lowest BCUT2D eigenvalue weighted by Crippen LogP contribution is -2.27. The summed E-state index contributed by atoms with van der Waals surface area (Å²) in [4.78, 5) is 21.9. The smallest absolute Gasteiger partial charge is 0.328 e. The lowest BCUT2D eigenvalue weighted by Gasteiger charge is -2.25. The van der Waals surface area contributed by atoms with Gasteiger partial charge in [0, 0.05) is 11.6 Å². The third kappa shape index (κ3) is 6.09. The normalized spacial score (nSPS) is 12.5. The van der Waals surface area contributed by atoms with Crippen LogP contribution in [0.4, 0.5) is 0 Å². The lowest BCUT2D eigenvalue weighted by atomic mass is 9.79. The molecule has 0 saturated heterocycles. The van der Waals surface area contributed by atoms with E-state index in [1.54, 1.807) is 0 Å². The number of hydrogen-bond donors (Lipinski definition) is 2. The molecule has 0 aliphatic rings. The zero-order chi connectivity index (χ0) is 13.5. The van der Waals surface area contributed by atoms with Crippen molar-refractivity contribution in [3.05, 3.63) is 11.6 Å². The van der Waals surface area contributed by atoms with E-state index in [9.17, 15) is 9.59 Å². The van der Waals surface area contributed by atoms with Gasteiger partial charge in [-0.15, -0.1) is 0 Å². The highest BCUT2D eigenvalue weighted by molar-refractivity contribution is 5.99. The van der Waals surface area contributed by atoms with Gasteiger partial charge in [0.2, 0.25) is 5.91 Å². The number of carboxylic acid groups (broad SMARTS) is 1. The summed E-state index contributed by atoms with van der Waals surface area (Å²) in [6.45, 7) is 5.85. The van der Waals surface area contributed by atoms with Crippen molar-refractivity contribution in [1.82, 2.24) is 0 Å². The van der Waals surface area contributed by atoms with E-state index in [1.807, 2.05) is 13.8 Å². The summed E-state index contributed by atoms with van der Waals surface area (Å²) in [5.74, 6) is -1.77. The molecule has 1 amide bonds. The molecular formula is C13H23NO3. The van der Waals surface area contributed by atoms with Crippen molar-refractivity contribution >= 4 is 11.9 Å². The van der Waals surface area contributed by atoms with Gasteiger partial charge < -0.3 is 10.8 Å². The maximum absolute atomic E-state index is 11.3. The number of rotatable bonds is 8. The van der Waals surface area contributed by atoms with Gasteiger partial charge in [-0.25, -0.2) is 4.79 Å². The fourth-order valence-corrected chi connectivity index (χ4v) is 1.85. The number of hydrogen-bond acceptors (Lipinski definition) is 2. The number of unbranched alkanes of at least 4 members (excludes halogenated alkanes) is 3. The highest BCUT2D eigenvalue weighted by atomic mass is 16.4. The van der Waals surface area contributed by atoms with E-state index in [-0.39, 0.29) is 5.57 Å². The number of carbonyl (C=O) groups is 2. The maximum Gasteiger partial charge on any atom is 0.328 e. The Morgan fingerprint density at radius 3 is 2.24 bits per heavy atom. The molecule has 98 valence electrons. The van der Waals surface area contributed by atoms with Crippen LogP contribution < -0.4 is 5.73 Å². The lowest BCUT2D eigenvalue weighted by molar-refractivity contribution is -0.132. The van der Waals surface area contributed by atoms with Crippen LogP contribution in [0.2, 0.25) is 0 Å². The number of primary amides is 1.